The number of thioether (sulfide) groups is 1. The molecule has 1 aliphatic heterocycles. The highest BCUT2D eigenvalue weighted by Crippen LogP contribution is 2.24. The molecule has 146 valence electrons. The van der Waals surface area contributed by atoms with E-state index in [4.69, 9.17) is 4.74 Å². The number of likely N-dealkylation sites (tertiary alicyclic amines) is 1. The van der Waals surface area contributed by atoms with Gasteiger partial charge in [-0.15, -0.1) is 0 Å². The summed E-state index contributed by atoms with van der Waals surface area (Å²) < 4.78 is 6.10. The van der Waals surface area contributed by atoms with Crippen LogP contribution in [0.5, 0.6) is 5.75 Å². The molecule has 1 aliphatic rings. The third kappa shape index (κ3) is 5.67. The van der Waals surface area contributed by atoms with Gasteiger partial charge >= 0.3 is 0 Å². The first-order valence-corrected chi connectivity index (χ1v) is 10.6. The van der Waals surface area contributed by atoms with Crippen LogP contribution in [0, 0.1) is 0 Å². The smallest absolute Gasteiger partial charge is 0.187 e. The molecule has 0 spiro atoms. The molecule has 6 heteroatoms. The molecular formula is C21H29N3O2S. The van der Waals surface area contributed by atoms with Crippen molar-refractivity contribution >= 4 is 11.8 Å². The van der Waals surface area contributed by atoms with Crippen LogP contribution in [0.1, 0.15) is 44.2 Å². The number of aromatic nitrogens is 2. The number of rotatable bonds is 7. The molecule has 2 heterocycles. The van der Waals surface area contributed by atoms with Crippen LogP contribution >= 0.6 is 11.8 Å². The fraction of sp³-hybridized carbons (Fsp3) is 0.524. The highest BCUT2D eigenvalue weighted by molar-refractivity contribution is 7.99. The number of hydrogen-bond donors (Lipinski definition) is 1. The first-order valence-electron chi connectivity index (χ1n) is 9.66. The maximum atomic E-state index is 10.6. The van der Waals surface area contributed by atoms with Crippen molar-refractivity contribution < 1.29 is 9.84 Å². The largest absolute Gasteiger partial charge is 0.488 e. The molecule has 3 rings (SSSR count). The summed E-state index contributed by atoms with van der Waals surface area (Å²) in [6, 6.07) is 8.19. The fourth-order valence-electron chi connectivity index (χ4n) is 3.26. The number of aliphatic hydroxyl groups is 1. The molecule has 5 nitrogen and oxygen atoms in total. The van der Waals surface area contributed by atoms with E-state index in [0.717, 1.165) is 41.7 Å². The lowest BCUT2D eigenvalue weighted by molar-refractivity contribution is -0.0275. The molecule has 0 aliphatic carbocycles. The van der Waals surface area contributed by atoms with Gasteiger partial charge in [-0.1, -0.05) is 44.7 Å². The zero-order valence-corrected chi connectivity index (χ0v) is 17.2. The number of nitrogens with zero attached hydrogens (tertiary/aromatic N) is 3. The maximum Gasteiger partial charge on any atom is 0.187 e. The van der Waals surface area contributed by atoms with Crippen LogP contribution in [0.25, 0.3) is 0 Å². The Balaban J connectivity index is 1.53. The fourth-order valence-corrected chi connectivity index (χ4v) is 3.78. The molecular weight excluding hydrogens is 358 g/mol. The summed E-state index contributed by atoms with van der Waals surface area (Å²) >= 11 is 1.64. The summed E-state index contributed by atoms with van der Waals surface area (Å²) in [6.07, 6.45) is 3.91. The van der Waals surface area contributed by atoms with E-state index in [1.165, 1.54) is 5.56 Å². The van der Waals surface area contributed by atoms with E-state index >= 15 is 0 Å². The minimum atomic E-state index is -0.503. The zero-order chi connectivity index (χ0) is 19.2. The monoisotopic (exact) mass is 387 g/mol. The number of hydrogen-bond acceptors (Lipinski definition) is 6. The van der Waals surface area contributed by atoms with Gasteiger partial charge < -0.3 is 9.84 Å². The second-order valence-electron chi connectivity index (χ2n) is 7.28. The van der Waals surface area contributed by atoms with E-state index in [1.54, 1.807) is 11.8 Å². The van der Waals surface area contributed by atoms with Gasteiger partial charge in [0, 0.05) is 37.6 Å². The van der Waals surface area contributed by atoms with Crippen molar-refractivity contribution in [3.63, 3.8) is 0 Å². The van der Waals surface area contributed by atoms with Crippen LogP contribution in [0.15, 0.2) is 41.8 Å². The van der Waals surface area contributed by atoms with Gasteiger partial charge in [0.15, 0.2) is 5.16 Å². The zero-order valence-electron chi connectivity index (χ0n) is 16.3. The van der Waals surface area contributed by atoms with Gasteiger partial charge in [0.1, 0.15) is 18.0 Å². The van der Waals surface area contributed by atoms with Crippen molar-refractivity contribution in [3.05, 3.63) is 47.8 Å². The lowest BCUT2D eigenvalue weighted by Crippen LogP contribution is -2.48. The second-order valence-corrected chi connectivity index (χ2v) is 8.51. The van der Waals surface area contributed by atoms with Crippen molar-refractivity contribution in [1.29, 1.82) is 0 Å². The van der Waals surface area contributed by atoms with E-state index in [2.05, 4.69) is 47.8 Å². The minimum absolute atomic E-state index is 0.164. The van der Waals surface area contributed by atoms with Gasteiger partial charge in [0.05, 0.1) is 0 Å². The van der Waals surface area contributed by atoms with Crippen LogP contribution in [-0.2, 0) is 6.54 Å². The molecule has 1 aromatic heterocycles. The number of ether oxygens (including phenoxy) is 1. The predicted molar refractivity (Wildman–Crippen MR) is 109 cm³/mol. The van der Waals surface area contributed by atoms with E-state index < -0.39 is 6.10 Å². The van der Waals surface area contributed by atoms with Crippen molar-refractivity contribution in [2.75, 3.05) is 18.8 Å². The Hall–Kier alpha value is -1.63. The van der Waals surface area contributed by atoms with Gasteiger partial charge in [-0.3, -0.25) is 4.90 Å². The van der Waals surface area contributed by atoms with Crippen LogP contribution in [0.3, 0.4) is 0 Å². The van der Waals surface area contributed by atoms with Crippen molar-refractivity contribution in [3.8, 4) is 5.75 Å². The topological polar surface area (TPSA) is 58.5 Å². The quantitative estimate of drug-likeness (QED) is 0.577. The average Bonchev–Trinajstić information content (AvgIpc) is 2.66. The first kappa shape index (κ1) is 20.1. The van der Waals surface area contributed by atoms with E-state index in [-0.39, 0.29) is 6.10 Å². The Morgan fingerprint density at radius 3 is 2.74 bits per heavy atom. The maximum absolute atomic E-state index is 10.6. The number of aliphatic hydroxyl groups excluding tert-OH is 1. The van der Waals surface area contributed by atoms with Crippen molar-refractivity contribution in [2.24, 2.45) is 0 Å². The van der Waals surface area contributed by atoms with Gasteiger partial charge in [-0.05, 0) is 35.8 Å². The van der Waals surface area contributed by atoms with E-state index in [0.29, 0.717) is 12.5 Å². The highest BCUT2D eigenvalue weighted by Gasteiger charge is 2.29. The normalized spacial score (nSPS) is 20.8. The molecule has 27 heavy (non-hydrogen) atoms. The van der Waals surface area contributed by atoms with Gasteiger partial charge in [0.2, 0.25) is 0 Å². The molecule has 0 bridgehead atoms. The molecule has 1 fully saturated rings. The lowest BCUT2D eigenvalue weighted by Gasteiger charge is -2.36. The summed E-state index contributed by atoms with van der Waals surface area (Å²) in [6.45, 7) is 8.67. The Morgan fingerprint density at radius 2 is 2.07 bits per heavy atom. The van der Waals surface area contributed by atoms with E-state index in [1.807, 2.05) is 24.5 Å². The second kappa shape index (κ2) is 9.53. The minimum Gasteiger partial charge on any atom is -0.488 e. The van der Waals surface area contributed by atoms with Gasteiger partial charge in [0.25, 0.3) is 0 Å². The Labute approximate surface area is 166 Å². The lowest BCUT2D eigenvalue weighted by atomic mass is 10.0. The number of piperidine rings is 1. The summed E-state index contributed by atoms with van der Waals surface area (Å²) in [5.74, 6) is 2.28. The Morgan fingerprint density at radius 1 is 1.30 bits per heavy atom. The van der Waals surface area contributed by atoms with Gasteiger partial charge in [-0.25, -0.2) is 9.97 Å². The molecule has 1 aromatic carbocycles. The van der Waals surface area contributed by atoms with Crippen LogP contribution in [0.2, 0.25) is 0 Å². The summed E-state index contributed by atoms with van der Waals surface area (Å²) in [4.78, 5) is 11.0. The molecule has 0 radical (unpaired) electrons. The molecule has 2 atom stereocenters. The van der Waals surface area contributed by atoms with Crippen LogP contribution in [0.4, 0.5) is 0 Å². The Bertz CT molecular complexity index is 724. The van der Waals surface area contributed by atoms with Crippen LogP contribution in [-0.4, -0.2) is 51.0 Å². The molecule has 0 unspecified atom stereocenters. The highest BCUT2D eigenvalue weighted by atomic mass is 32.2. The first-order chi connectivity index (χ1) is 13.0. The molecule has 1 saturated heterocycles. The molecule has 2 aromatic rings. The predicted octanol–water partition coefficient (Wildman–Crippen LogP) is 3.73. The number of benzene rings is 1. The summed E-state index contributed by atoms with van der Waals surface area (Å²) in [5, 5.41) is 11.4. The Kier molecular flexibility index (Phi) is 7.10. The third-order valence-electron chi connectivity index (χ3n) is 4.78. The van der Waals surface area contributed by atoms with Crippen molar-refractivity contribution in [1.82, 2.24) is 14.9 Å². The average molecular weight is 388 g/mol. The molecule has 1 N–H and O–H groups in total. The summed E-state index contributed by atoms with van der Waals surface area (Å²) in [7, 11) is 0. The van der Waals surface area contributed by atoms with Crippen molar-refractivity contribution in [2.45, 2.75) is 57.0 Å². The summed E-state index contributed by atoms with van der Waals surface area (Å²) in [5.41, 5.74) is 2.33. The molecule has 0 amide bonds. The number of β-amino-alcohol motifs (C(OH)–C–C–N with tert-alkyl or cyclic N) is 1. The standard InChI is InChI=1S/C21H29N3O2S/c1-4-27-21-22-11-16(12-23-21)13-24-9-8-20(19(25)14-24)26-18-7-5-6-17(10-18)15(2)3/h5-7,10-12,15,19-20,25H,4,8-9,13-14H2,1-3H3/t19-,20-/m1/s1. The van der Waals surface area contributed by atoms with Crippen LogP contribution < -0.4 is 4.74 Å². The third-order valence-corrected chi connectivity index (χ3v) is 5.54. The van der Waals surface area contributed by atoms with Gasteiger partial charge in [-0.2, -0.15) is 0 Å². The SMILES string of the molecule is CCSc1ncc(CN2CC[C@@H](Oc3cccc(C(C)C)c3)[C@H](O)C2)cn1. The molecule has 0 saturated carbocycles. The van der Waals surface area contributed by atoms with E-state index in [9.17, 15) is 5.11 Å².